The third-order valence-electron chi connectivity index (χ3n) is 2.58. The van der Waals surface area contributed by atoms with Crippen LogP contribution in [0.5, 0.6) is 0 Å². The van der Waals surface area contributed by atoms with Crippen molar-refractivity contribution in [3.63, 3.8) is 0 Å². The summed E-state index contributed by atoms with van der Waals surface area (Å²) in [6.45, 7) is 0. The summed E-state index contributed by atoms with van der Waals surface area (Å²) < 4.78 is 36.8. The summed E-state index contributed by atoms with van der Waals surface area (Å²) in [6, 6.07) is 0. The first-order valence-corrected chi connectivity index (χ1v) is 5.26. The fourth-order valence-electron chi connectivity index (χ4n) is 1.86. The maximum atomic E-state index is 12.3. The molecule has 0 aromatic carbocycles. The maximum Gasteiger partial charge on any atom is 0.450 e. The number of allylic oxidation sites excluding steroid dienone is 1. The molecule has 0 radical (unpaired) electrons. The average molecular weight is 249 g/mol. The monoisotopic (exact) mass is 249 g/mol. The van der Waals surface area contributed by atoms with Crippen LogP contribution in [-0.2, 0) is 9.59 Å². The molecule has 1 aliphatic carbocycles. The van der Waals surface area contributed by atoms with Crippen molar-refractivity contribution in [3.8, 4) is 0 Å². The van der Waals surface area contributed by atoms with Gasteiger partial charge in [-0.1, -0.05) is 0 Å². The Balaban J connectivity index is 2.90. The Morgan fingerprint density at radius 2 is 2.00 bits per heavy atom. The van der Waals surface area contributed by atoms with Crippen molar-refractivity contribution in [2.45, 2.75) is 25.4 Å². The van der Waals surface area contributed by atoms with E-state index in [4.69, 9.17) is 0 Å². The molecular weight excluding hydrogens is 235 g/mol. The van der Waals surface area contributed by atoms with Crippen LogP contribution in [0.25, 0.3) is 0 Å². The Kier molecular flexibility index (Phi) is 3.95. The number of Topliss-reactive ketones (excluding diaryl/α,β-unsaturated/α-hetero) is 2. The smallest absolute Gasteiger partial charge is 0.383 e. The number of rotatable bonds is 2. The number of ketones is 2. The van der Waals surface area contributed by atoms with Gasteiger partial charge in [-0.15, -0.1) is 0 Å². The van der Waals surface area contributed by atoms with E-state index in [0.717, 1.165) is 0 Å². The van der Waals surface area contributed by atoms with Crippen molar-refractivity contribution in [2.75, 3.05) is 14.1 Å². The lowest BCUT2D eigenvalue weighted by molar-refractivity contribution is -0.177. The highest BCUT2D eigenvalue weighted by Gasteiger charge is 2.47. The van der Waals surface area contributed by atoms with Gasteiger partial charge in [-0.2, -0.15) is 13.2 Å². The fraction of sp³-hybridized carbons (Fsp3) is 0.636. The third kappa shape index (κ3) is 3.31. The Morgan fingerprint density at radius 3 is 2.47 bits per heavy atom. The number of alkyl halides is 3. The molecule has 1 unspecified atom stereocenters. The summed E-state index contributed by atoms with van der Waals surface area (Å²) in [7, 11) is 3.35. The van der Waals surface area contributed by atoms with Gasteiger partial charge in [0, 0.05) is 25.9 Å². The highest BCUT2D eigenvalue weighted by atomic mass is 19.4. The van der Waals surface area contributed by atoms with Crippen molar-refractivity contribution in [2.24, 2.45) is 5.92 Å². The van der Waals surface area contributed by atoms with E-state index in [2.05, 4.69) is 0 Å². The quantitative estimate of drug-likeness (QED) is 0.554. The van der Waals surface area contributed by atoms with Gasteiger partial charge in [0.2, 0.25) is 5.78 Å². The average Bonchev–Trinajstić information content (AvgIpc) is 2.18. The van der Waals surface area contributed by atoms with Crippen molar-refractivity contribution >= 4 is 11.6 Å². The SMILES string of the molecule is CN(C)C=C1CCCC(C(=O)C(F)(F)F)C1=O. The number of hydrogen-bond acceptors (Lipinski definition) is 3. The van der Waals surface area contributed by atoms with Crippen LogP contribution in [0.15, 0.2) is 11.8 Å². The first-order valence-electron chi connectivity index (χ1n) is 5.26. The summed E-state index contributed by atoms with van der Waals surface area (Å²) in [6.07, 6.45) is -2.60. The van der Waals surface area contributed by atoms with Crippen molar-refractivity contribution < 1.29 is 22.8 Å². The zero-order valence-electron chi connectivity index (χ0n) is 9.67. The number of carbonyl (C=O) groups is 2. The predicted molar refractivity (Wildman–Crippen MR) is 55.2 cm³/mol. The predicted octanol–water partition coefficient (Wildman–Crippen LogP) is 1.93. The summed E-state index contributed by atoms with van der Waals surface area (Å²) in [4.78, 5) is 24.4. The van der Waals surface area contributed by atoms with Crippen molar-refractivity contribution in [1.29, 1.82) is 0 Å². The molecule has 0 heterocycles. The molecule has 96 valence electrons. The molecule has 1 aliphatic rings. The van der Waals surface area contributed by atoms with Crippen LogP contribution in [0.4, 0.5) is 13.2 Å². The first-order chi connectivity index (χ1) is 7.73. The molecule has 1 saturated carbocycles. The van der Waals surface area contributed by atoms with Gasteiger partial charge < -0.3 is 4.90 Å². The van der Waals surface area contributed by atoms with Crippen LogP contribution in [0.3, 0.4) is 0 Å². The van der Waals surface area contributed by atoms with Crippen LogP contribution in [-0.4, -0.2) is 36.7 Å². The minimum absolute atomic E-state index is 0.0120. The standard InChI is InChI=1S/C11H14F3NO2/c1-15(2)6-7-4-3-5-8(9(7)16)10(17)11(12,13)14/h6,8H,3-5H2,1-2H3. The van der Waals surface area contributed by atoms with E-state index in [0.29, 0.717) is 18.4 Å². The largest absolute Gasteiger partial charge is 0.450 e. The van der Waals surface area contributed by atoms with E-state index in [1.165, 1.54) is 6.20 Å². The zero-order chi connectivity index (χ0) is 13.2. The lowest BCUT2D eigenvalue weighted by Gasteiger charge is -2.23. The van der Waals surface area contributed by atoms with Crippen LogP contribution in [0, 0.1) is 5.92 Å². The number of halogens is 3. The molecule has 0 aromatic heterocycles. The minimum Gasteiger partial charge on any atom is -0.383 e. The molecule has 0 aromatic rings. The van der Waals surface area contributed by atoms with Crippen LogP contribution < -0.4 is 0 Å². The highest BCUT2D eigenvalue weighted by molar-refractivity contribution is 6.12. The lowest BCUT2D eigenvalue weighted by atomic mass is 9.82. The molecule has 0 amide bonds. The Hall–Kier alpha value is -1.33. The third-order valence-corrected chi connectivity index (χ3v) is 2.58. The molecule has 1 fully saturated rings. The van der Waals surface area contributed by atoms with Gasteiger partial charge >= 0.3 is 6.18 Å². The zero-order valence-corrected chi connectivity index (χ0v) is 9.67. The van der Waals surface area contributed by atoms with Gasteiger partial charge in [0.25, 0.3) is 0 Å². The Bertz CT molecular complexity index is 358. The summed E-state index contributed by atoms with van der Waals surface area (Å²) >= 11 is 0. The number of hydrogen-bond donors (Lipinski definition) is 0. The Morgan fingerprint density at radius 1 is 1.41 bits per heavy atom. The fourth-order valence-corrected chi connectivity index (χ4v) is 1.86. The molecular formula is C11H14F3NO2. The highest BCUT2D eigenvalue weighted by Crippen LogP contribution is 2.31. The normalized spacial score (nSPS) is 23.9. The number of carbonyl (C=O) groups excluding carboxylic acids is 2. The van der Waals surface area contributed by atoms with Gasteiger partial charge in [0.1, 0.15) is 0 Å². The van der Waals surface area contributed by atoms with Gasteiger partial charge in [-0.05, 0) is 19.3 Å². The second kappa shape index (κ2) is 4.89. The molecule has 0 bridgehead atoms. The first kappa shape index (κ1) is 13.7. The summed E-state index contributed by atoms with van der Waals surface area (Å²) in [5, 5.41) is 0. The van der Waals surface area contributed by atoms with Gasteiger partial charge in [0.15, 0.2) is 5.78 Å². The molecule has 6 heteroatoms. The molecule has 17 heavy (non-hydrogen) atoms. The molecule has 0 saturated heterocycles. The van der Waals surface area contributed by atoms with E-state index in [9.17, 15) is 22.8 Å². The second-order valence-electron chi connectivity index (χ2n) is 4.29. The molecule has 3 nitrogen and oxygen atoms in total. The van der Waals surface area contributed by atoms with E-state index >= 15 is 0 Å². The van der Waals surface area contributed by atoms with Crippen molar-refractivity contribution in [1.82, 2.24) is 4.90 Å². The maximum absolute atomic E-state index is 12.3. The van der Waals surface area contributed by atoms with E-state index in [1.807, 2.05) is 0 Å². The van der Waals surface area contributed by atoms with Crippen LogP contribution in [0.1, 0.15) is 19.3 Å². The van der Waals surface area contributed by atoms with Crippen molar-refractivity contribution in [3.05, 3.63) is 11.8 Å². The Labute approximate surface area is 97.3 Å². The summed E-state index contributed by atoms with van der Waals surface area (Å²) in [5.74, 6) is -4.16. The molecule has 1 atom stereocenters. The minimum atomic E-state index is -4.93. The summed E-state index contributed by atoms with van der Waals surface area (Å²) in [5.41, 5.74) is 0.295. The van der Waals surface area contributed by atoms with Gasteiger partial charge in [0.05, 0.1) is 5.92 Å². The van der Waals surface area contributed by atoms with E-state index in [-0.39, 0.29) is 6.42 Å². The molecule has 0 N–H and O–H groups in total. The van der Waals surface area contributed by atoms with E-state index < -0.39 is 23.7 Å². The van der Waals surface area contributed by atoms with Gasteiger partial charge in [-0.25, -0.2) is 0 Å². The van der Waals surface area contributed by atoms with Crippen LogP contribution >= 0.6 is 0 Å². The van der Waals surface area contributed by atoms with E-state index in [1.54, 1.807) is 19.0 Å². The molecule has 1 rings (SSSR count). The number of nitrogens with zero attached hydrogens (tertiary/aromatic N) is 1. The van der Waals surface area contributed by atoms with Crippen LogP contribution in [0.2, 0.25) is 0 Å². The lowest BCUT2D eigenvalue weighted by Crippen LogP contribution is -2.38. The molecule has 0 spiro atoms. The van der Waals surface area contributed by atoms with Gasteiger partial charge in [-0.3, -0.25) is 9.59 Å². The topological polar surface area (TPSA) is 37.4 Å². The second-order valence-corrected chi connectivity index (χ2v) is 4.29. The molecule has 0 aliphatic heterocycles.